The van der Waals surface area contributed by atoms with Gasteiger partial charge in [0.1, 0.15) is 11.7 Å². The zero-order valence-corrected chi connectivity index (χ0v) is 21.9. The van der Waals surface area contributed by atoms with Crippen LogP contribution in [0.4, 0.5) is 21.5 Å². The minimum atomic E-state index is -0.758. The molecule has 37 heavy (non-hydrogen) atoms. The number of amides is 2. The molecule has 1 saturated heterocycles. The van der Waals surface area contributed by atoms with Gasteiger partial charge in [-0.1, -0.05) is 29.3 Å². The van der Waals surface area contributed by atoms with Crippen molar-refractivity contribution in [3.8, 4) is 0 Å². The fraction of sp³-hybridized carbons (Fsp3) is 0.222. The number of rotatable bonds is 6. The Hall–Kier alpha value is -3.62. The molecule has 7 nitrogen and oxygen atoms in total. The summed E-state index contributed by atoms with van der Waals surface area (Å²) < 4.78 is 15.1. The lowest BCUT2D eigenvalue weighted by molar-refractivity contribution is 0.102. The highest BCUT2D eigenvalue weighted by atomic mass is 35.5. The summed E-state index contributed by atoms with van der Waals surface area (Å²) in [5, 5.41) is 14.6. The molecule has 1 fully saturated rings. The van der Waals surface area contributed by atoms with Crippen LogP contribution in [0.5, 0.6) is 0 Å². The van der Waals surface area contributed by atoms with Crippen molar-refractivity contribution < 1.29 is 14.0 Å². The van der Waals surface area contributed by atoms with Crippen molar-refractivity contribution in [2.75, 3.05) is 42.7 Å². The van der Waals surface area contributed by atoms with Gasteiger partial charge >= 0.3 is 0 Å². The van der Waals surface area contributed by atoms with Crippen molar-refractivity contribution in [3.05, 3.63) is 87.2 Å². The lowest BCUT2D eigenvalue weighted by atomic mass is 10.1. The molecule has 2 amide bonds. The van der Waals surface area contributed by atoms with Gasteiger partial charge in [0.15, 0.2) is 0 Å². The van der Waals surface area contributed by atoms with Crippen molar-refractivity contribution in [1.29, 1.82) is 5.41 Å². The molecule has 4 rings (SSSR count). The third kappa shape index (κ3) is 6.03. The first-order chi connectivity index (χ1) is 17.6. The van der Waals surface area contributed by atoms with Crippen LogP contribution in [-0.4, -0.2) is 49.7 Å². The first-order valence-corrected chi connectivity index (χ1v) is 12.4. The van der Waals surface area contributed by atoms with Gasteiger partial charge in [-0.25, -0.2) is 4.39 Å². The summed E-state index contributed by atoms with van der Waals surface area (Å²) >= 11 is 12.2. The molecule has 1 heterocycles. The Bertz CT molecular complexity index is 1360. The predicted octanol–water partition coefficient (Wildman–Crippen LogP) is 6.12. The second-order valence-corrected chi connectivity index (χ2v) is 9.77. The van der Waals surface area contributed by atoms with Gasteiger partial charge in [-0.05, 0) is 61.4 Å². The summed E-state index contributed by atoms with van der Waals surface area (Å²) in [5.74, 6) is -1.77. The van der Waals surface area contributed by atoms with Crippen LogP contribution in [0.2, 0.25) is 10.0 Å². The van der Waals surface area contributed by atoms with Crippen molar-refractivity contribution in [1.82, 2.24) is 4.90 Å². The van der Waals surface area contributed by atoms with Crippen molar-refractivity contribution >= 4 is 57.9 Å². The van der Waals surface area contributed by atoms with E-state index in [2.05, 4.69) is 10.6 Å². The molecule has 0 bridgehead atoms. The number of anilines is 3. The van der Waals surface area contributed by atoms with Gasteiger partial charge in [0.05, 0.1) is 22.5 Å². The number of benzene rings is 3. The predicted molar refractivity (Wildman–Crippen MR) is 147 cm³/mol. The number of amidine groups is 1. The standard InChI is InChI=1S/C27H26Cl2FN5O2/c1-34(2)23-15-18(29)14-21(27(37)32-19-8-6-17(28)7-9-19)24(23)33-26(36)20-10-5-16(13-22(20)30)25(31)35-11-3-4-12-35/h5-10,13-15,31H,3-4,11-12H2,1-2H3,(H,32,37)(H,33,36). The second kappa shape index (κ2) is 11.2. The van der Waals surface area contributed by atoms with E-state index in [9.17, 15) is 9.59 Å². The molecule has 1 aliphatic heterocycles. The van der Waals surface area contributed by atoms with E-state index in [0.29, 0.717) is 27.0 Å². The largest absolute Gasteiger partial charge is 0.376 e. The lowest BCUT2D eigenvalue weighted by Gasteiger charge is -2.22. The molecule has 3 N–H and O–H groups in total. The Morgan fingerprint density at radius 1 is 0.892 bits per heavy atom. The van der Waals surface area contributed by atoms with Crippen LogP contribution < -0.4 is 15.5 Å². The molecular weight excluding hydrogens is 516 g/mol. The summed E-state index contributed by atoms with van der Waals surface area (Å²) in [5.41, 5.74) is 1.45. The Kier molecular flexibility index (Phi) is 8.00. The van der Waals surface area contributed by atoms with Gasteiger partial charge in [-0.3, -0.25) is 15.0 Å². The third-order valence-corrected chi connectivity index (χ3v) is 6.53. The number of likely N-dealkylation sites (tertiary alicyclic amines) is 1. The van der Waals surface area contributed by atoms with Gasteiger partial charge in [-0.15, -0.1) is 0 Å². The summed E-state index contributed by atoms with van der Waals surface area (Å²) in [6.45, 7) is 1.51. The molecule has 0 aliphatic carbocycles. The Morgan fingerprint density at radius 2 is 1.54 bits per heavy atom. The van der Waals surface area contributed by atoms with Gasteiger partial charge in [-0.2, -0.15) is 0 Å². The molecule has 10 heteroatoms. The average Bonchev–Trinajstić information content (AvgIpc) is 3.40. The highest BCUT2D eigenvalue weighted by molar-refractivity contribution is 6.32. The number of nitrogens with one attached hydrogen (secondary N) is 3. The molecule has 0 radical (unpaired) electrons. The fourth-order valence-electron chi connectivity index (χ4n) is 4.14. The Balaban J connectivity index is 1.64. The minimum Gasteiger partial charge on any atom is -0.376 e. The van der Waals surface area contributed by atoms with E-state index in [1.807, 2.05) is 4.90 Å². The molecule has 0 unspecified atom stereocenters. The molecular formula is C27H26Cl2FN5O2. The minimum absolute atomic E-state index is 0.104. The summed E-state index contributed by atoms with van der Waals surface area (Å²) in [6, 6.07) is 13.7. The van der Waals surface area contributed by atoms with E-state index < -0.39 is 17.6 Å². The average molecular weight is 542 g/mol. The zero-order chi connectivity index (χ0) is 26.7. The highest BCUT2D eigenvalue weighted by Crippen LogP contribution is 2.34. The van der Waals surface area contributed by atoms with Crippen molar-refractivity contribution in [2.24, 2.45) is 0 Å². The smallest absolute Gasteiger partial charge is 0.258 e. The number of nitrogens with zero attached hydrogens (tertiary/aromatic N) is 2. The van der Waals surface area contributed by atoms with E-state index in [4.69, 9.17) is 28.6 Å². The highest BCUT2D eigenvalue weighted by Gasteiger charge is 2.23. The van der Waals surface area contributed by atoms with E-state index in [-0.39, 0.29) is 22.6 Å². The number of carbonyl (C=O) groups excluding carboxylic acids is 2. The summed E-state index contributed by atoms with van der Waals surface area (Å²) in [7, 11) is 3.48. The Labute approximate surface area is 224 Å². The molecule has 1 aliphatic rings. The van der Waals surface area contributed by atoms with Crippen molar-refractivity contribution in [2.45, 2.75) is 12.8 Å². The summed E-state index contributed by atoms with van der Waals surface area (Å²) in [4.78, 5) is 30.0. The third-order valence-electron chi connectivity index (χ3n) is 6.06. The molecule has 0 spiro atoms. The van der Waals surface area contributed by atoms with Crippen LogP contribution in [0.3, 0.4) is 0 Å². The molecule has 3 aromatic rings. The van der Waals surface area contributed by atoms with E-state index >= 15 is 4.39 Å². The van der Waals surface area contributed by atoms with Crippen molar-refractivity contribution in [3.63, 3.8) is 0 Å². The maximum absolute atomic E-state index is 15.1. The topological polar surface area (TPSA) is 88.5 Å². The normalized spacial score (nSPS) is 12.8. The van der Waals surface area contributed by atoms with Crippen LogP contribution in [0.15, 0.2) is 54.6 Å². The van der Waals surface area contributed by atoms with Crippen LogP contribution in [0.25, 0.3) is 0 Å². The van der Waals surface area contributed by atoms with Gasteiger partial charge in [0, 0.05) is 48.5 Å². The maximum atomic E-state index is 15.1. The lowest BCUT2D eigenvalue weighted by Crippen LogP contribution is -2.28. The molecule has 3 aromatic carbocycles. The van der Waals surface area contributed by atoms with Gasteiger partial charge in [0.25, 0.3) is 11.8 Å². The molecule has 0 saturated carbocycles. The first kappa shape index (κ1) is 26.4. The number of halogens is 3. The van der Waals surface area contributed by atoms with Gasteiger partial charge in [0.2, 0.25) is 0 Å². The maximum Gasteiger partial charge on any atom is 0.258 e. The Morgan fingerprint density at radius 3 is 2.16 bits per heavy atom. The van der Waals surface area contributed by atoms with Crippen LogP contribution >= 0.6 is 23.2 Å². The number of hydrogen-bond acceptors (Lipinski definition) is 4. The molecule has 0 atom stereocenters. The fourth-order valence-corrected chi connectivity index (χ4v) is 4.48. The number of carbonyl (C=O) groups is 2. The van der Waals surface area contributed by atoms with Crippen LogP contribution in [0.1, 0.15) is 39.1 Å². The number of hydrogen-bond donors (Lipinski definition) is 3. The van der Waals surface area contributed by atoms with Gasteiger partial charge < -0.3 is 20.4 Å². The monoisotopic (exact) mass is 541 g/mol. The molecule has 0 aromatic heterocycles. The van der Waals surface area contributed by atoms with E-state index in [1.54, 1.807) is 55.4 Å². The quantitative estimate of drug-likeness (QED) is 0.259. The van der Waals surface area contributed by atoms with E-state index in [1.165, 1.54) is 18.2 Å². The zero-order valence-electron chi connectivity index (χ0n) is 20.4. The summed E-state index contributed by atoms with van der Waals surface area (Å²) in [6.07, 6.45) is 1.99. The van der Waals surface area contributed by atoms with E-state index in [0.717, 1.165) is 25.9 Å². The van der Waals surface area contributed by atoms with Crippen LogP contribution in [-0.2, 0) is 0 Å². The first-order valence-electron chi connectivity index (χ1n) is 11.7. The second-order valence-electron chi connectivity index (χ2n) is 8.89. The molecule has 192 valence electrons. The SMILES string of the molecule is CN(C)c1cc(Cl)cc(C(=O)Nc2ccc(Cl)cc2)c1NC(=O)c1ccc(C(=N)N2CCCC2)cc1F. The van der Waals surface area contributed by atoms with Crippen LogP contribution in [0, 0.1) is 11.2 Å².